The van der Waals surface area contributed by atoms with Gasteiger partial charge in [0, 0.05) is 31.1 Å². The molecule has 124 valence electrons. The van der Waals surface area contributed by atoms with Gasteiger partial charge in [-0.25, -0.2) is 0 Å². The van der Waals surface area contributed by atoms with Gasteiger partial charge in [0.15, 0.2) is 0 Å². The molecule has 6 nitrogen and oxygen atoms in total. The molecule has 0 aromatic heterocycles. The third kappa shape index (κ3) is 6.01. The summed E-state index contributed by atoms with van der Waals surface area (Å²) < 4.78 is 16.0. The van der Waals surface area contributed by atoms with Crippen molar-refractivity contribution in [3.05, 3.63) is 23.8 Å². The number of rotatable bonds is 11. The van der Waals surface area contributed by atoms with E-state index in [-0.39, 0.29) is 12.7 Å². The highest BCUT2D eigenvalue weighted by Crippen LogP contribution is 2.25. The van der Waals surface area contributed by atoms with Gasteiger partial charge >= 0.3 is 0 Å². The molecular weight excluding hydrogens is 286 g/mol. The summed E-state index contributed by atoms with van der Waals surface area (Å²) >= 11 is 0. The Hall–Kier alpha value is -1.63. The Bertz CT molecular complexity index is 452. The molecule has 22 heavy (non-hydrogen) atoms. The van der Waals surface area contributed by atoms with Crippen LogP contribution in [0.2, 0.25) is 0 Å². The van der Waals surface area contributed by atoms with Gasteiger partial charge in [-0.2, -0.15) is 0 Å². The Morgan fingerprint density at radius 2 is 2.09 bits per heavy atom. The molecule has 0 saturated carbocycles. The molecule has 0 bridgehead atoms. The lowest BCUT2D eigenvalue weighted by Crippen LogP contribution is -2.33. The monoisotopic (exact) mass is 311 g/mol. The number of ether oxygens (including phenoxy) is 3. The molecule has 0 saturated heterocycles. The van der Waals surface area contributed by atoms with Crippen LogP contribution in [-0.2, 0) is 16.1 Å². The van der Waals surface area contributed by atoms with E-state index in [1.165, 1.54) is 0 Å². The fourth-order valence-corrected chi connectivity index (χ4v) is 2.13. The molecule has 0 amide bonds. The van der Waals surface area contributed by atoms with Crippen molar-refractivity contribution in [3.8, 4) is 11.5 Å². The summed E-state index contributed by atoms with van der Waals surface area (Å²) in [7, 11) is 5.18. The molecule has 0 aliphatic rings. The molecule has 6 heteroatoms. The maximum Gasteiger partial charge on any atom is 0.127 e. The highest BCUT2D eigenvalue weighted by molar-refractivity contribution is 5.49. The number of likely N-dealkylation sites (N-methyl/N-ethyl adjacent to an activating group) is 1. The fraction of sp³-hybridized carbons (Fsp3) is 0.562. The van der Waals surface area contributed by atoms with E-state index in [9.17, 15) is 9.90 Å². The Morgan fingerprint density at radius 3 is 2.68 bits per heavy atom. The number of hydrogen-bond acceptors (Lipinski definition) is 6. The molecule has 1 N–H and O–H groups in total. The second-order valence-electron chi connectivity index (χ2n) is 5.01. The summed E-state index contributed by atoms with van der Waals surface area (Å²) in [6, 6.07) is 5.68. The lowest BCUT2D eigenvalue weighted by atomic mass is 10.1. The number of aldehydes is 1. The van der Waals surface area contributed by atoms with Gasteiger partial charge in [0.25, 0.3) is 0 Å². The molecule has 0 spiro atoms. The van der Waals surface area contributed by atoms with E-state index in [0.717, 1.165) is 23.3 Å². The molecule has 0 aliphatic carbocycles. The van der Waals surface area contributed by atoms with E-state index < -0.39 is 0 Å². The molecule has 0 radical (unpaired) electrons. The third-order valence-electron chi connectivity index (χ3n) is 3.24. The number of hydrogen-bond donors (Lipinski definition) is 1. The normalized spacial score (nSPS) is 12.2. The van der Waals surface area contributed by atoms with Crippen molar-refractivity contribution in [1.29, 1.82) is 0 Å². The van der Waals surface area contributed by atoms with Gasteiger partial charge in [-0.15, -0.1) is 0 Å². The first-order valence-electron chi connectivity index (χ1n) is 7.20. The first-order valence-corrected chi connectivity index (χ1v) is 7.20. The molecule has 0 fully saturated rings. The minimum atomic E-state index is -0.311. The lowest BCUT2D eigenvalue weighted by Gasteiger charge is -2.23. The van der Waals surface area contributed by atoms with Crippen molar-refractivity contribution in [1.82, 2.24) is 4.90 Å². The second kappa shape index (κ2) is 10.2. The van der Waals surface area contributed by atoms with Crippen molar-refractivity contribution >= 4 is 6.29 Å². The van der Waals surface area contributed by atoms with Gasteiger partial charge < -0.3 is 24.1 Å². The van der Waals surface area contributed by atoms with Crippen molar-refractivity contribution in [3.63, 3.8) is 0 Å². The predicted octanol–water partition coefficient (Wildman–Crippen LogP) is 1.10. The van der Waals surface area contributed by atoms with Gasteiger partial charge in [0.05, 0.1) is 33.5 Å². The standard InChI is InChI=1S/C16H25NO5/c1-17(11-15(12-19)22-8-4-7-18)10-13-5-6-14(20-2)9-16(13)21-3/h5-7,9,15,19H,4,8,10-12H2,1-3H3. The number of nitrogens with zero attached hydrogens (tertiary/aromatic N) is 1. The molecule has 1 atom stereocenters. The zero-order valence-electron chi connectivity index (χ0n) is 13.4. The van der Waals surface area contributed by atoms with Crippen LogP contribution < -0.4 is 9.47 Å². The van der Waals surface area contributed by atoms with Crippen LogP contribution in [0.5, 0.6) is 11.5 Å². The quantitative estimate of drug-likeness (QED) is 0.487. The zero-order valence-corrected chi connectivity index (χ0v) is 13.4. The molecule has 0 aliphatic heterocycles. The van der Waals surface area contributed by atoms with Crippen LogP contribution >= 0.6 is 0 Å². The minimum absolute atomic E-state index is 0.0804. The SMILES string of the molecule is COc1ccc(CN(C)CC(CO)OCCC=O)c(OC)c1. The fourth-order valence-electron chi connectivity index (χ4n) is 2.13. The van der Waals surface area contributed by atoms with Crippen LogP contribution in [0.15, 0.2) is 18.2 Å². The maximum atomic E-state index is 10.3. The number of benzene rings is 1. The highest BCUT2D eigenvalue weighted by atomic mass is 16.5. The minimum Gasteiger partial charge on any atom is -0.497 e. The van der Waals surface area contributed by atoms with Crippen LogP contribution in [0.4, 0.5) is 0 Å². The number of methoxy groups -OCH3 is 2. The molecular formula is C16H25NO5. The molecule has 1 unspecified atom stereocenters. The van der Waals surface area contributed by atoms with E-state index in [1.54, 1.807) is 14.2 Å². The Morgan fingerprint density at radius 1 is 1.32 bits per heavy atom. The summed E-state index contributed by atoms with van der Waals surface area (Å²) in [5.41, 5.74) is 1.02. The Balaban J connectivity index is 2.59. The van der Waals surface area contributed by atoms with Crippen LogP contribution in [-0.4, -0.2) is 63.4 Å². The van der Waals surface area contributed by atoms with Crippen molar-refractivity contribution in [2.45, 2.75) is 19.1 Å². The van der Waals surface area contributed by atoms with Crippen LogP contribution in [0.25, 0.3) is 0 Å². The van der Waals surface area contributed by atoms with E-state index in [2.05, 4.69) is 0 Å². The highest BCUT2D eigenvalue weighted by Gasteiger charge is 2.13. The van der Waals surface area contributed by atoms with Crippen molar-refractivity contribution < 1.29 is 24.1 Å². The number of aliphatic hydroxyl groups is 1. The summed E-state index contributed by atoms with van der Waals surface area (Å²) in [6.45, 7) is 1.46. The smallest absolute Gasteiger partial charge is 0.127 e. The van der Waals surface area contributed by atoms with Crippen LogP contribution in [0, 0.1) is 0 Å². The van der Waals surface area contributed by atoms with Gasteiger partial charge in [-0.3, -0.25) is 4.90 Å². The maximum absolute atomic E-state index is 10.3. The average molecular weight is 311 g/mol. The summed E-state index contributed by atoms with van der Waals surface area (Å²) in [4.78, 5) is 12.3. The number of carbonyl (C=O) groups is 1. The molecule has 0 heterocycles. The van der Waals surface area contributed by atoms with Crippen LogP contribution in [0.3, 0.4) is 0 Å². The summed E-state index contributed by atoms with van der Waals surface area (Å²) in [5, 5.41) is 9.33. The molecule has 1 aromatic rings. The van der Waals surface area contributed by atoms with Crippen molar-refractivity contribution in [2.24, 2.45) is 0 Å². The van der Waals surface area contributed by atoms with E-state index in [1.807, 2.05) is 30.1 Å². The summed E-state index contributed by atoms with van der Waals surface area (Å²) in [6.07, 6.45) is 0.835. The van der Waals surface area contributed by atoms with E-state index >= 15 is 0 Å². The van der Waals surface area contributed by atoms with E-state index in [4.69, 9.17) is 14.2 Å². The Kier molecular flexibility index (Phi) is 8.50. The first kappa shape index (κ1) is 18.4. The second-order valence-corrected chi connectivity index (χ2v) is 5.01. The third-order valence-corrected chi connectivity index (χ3v) is 3.24. The first-order chi connectivity index (χ1) is 10.6. The van der Waals surface area contributed by atoms with Gasteiger partial charge in [-0.05, 0) is 13.1 Å². The topological polar surface area (TPSA) is 68.2 Å². The lowest BCUT2D eigenvalue weighted by molar-refractivity contribution is -0.109. The number of aliphatic hydroxyl groups excluding tert-OH is 1. The van der Waals surface area contributed by atoms with Crippen molar-refractivity contribution in [2.75, 3.05) is 41.0 Å². The largest absolute Gasteiger partial charge is 0.497 e. The Labute approximate surface area is 131 Å². The predicted molar refractivity (Wildman–Crippen MR) is 83.4 cm³/mol. The number of carbonyl (C=O) groups excluding carboxylic acids is 1. The van der Waals surface area contributed by atoms with E-state index in [0.29, 0.717) is 26.1 Å². The molecule has 1 rings (SSSR count). The van der Waals surface area contributed by atoms with Crippen LogP contribution in [0.1, 0.15) is 12.0 Å². The average Bonchev–Trinajstić information content (AvgIpc) is 2.54. The van der Waals surface area contributed by atoms with Gasteiger partial charge in [-0.1, -0.05) is 6.07 Å². The zero-order chi connectivity index (χ0) is 16.4. The van der Waals surface area contributed by atoms with Gasteiger partial charge in [0.2, 0.25) is 0 Å². The molecule has 1 aromatic carbocycles. The summed E-state index contributed by atoms with van der Waals surface area (Å²) in [5.74, 6) is 1.50. The van der Waals surface area contributed by atoms with Gasteiger partial charge in [0.1, 0.15) is 17.8 Å².